The number of carbonyl (C=O) groups is 1. The van der Waals surface area contributed by atoms with Gasteiger partial charge in [-0.3, -0.25) is 9.78 Å². The number of carbonyl (C=O) groups excluding carboxylic acids is 1. The van der Waals surface area contributed by atoms with Gasteiger partial charge in [0.1, 0.15) is 0 Å². The molecule has 0 amide bonds. The van der Waals surface area contributed by atoms with Crippen molar-refractivity contribution in [2.24, 2.45) is 0 Å². The van der Waals surface area contributed by atoms with Crippen LogP contribution in [0.3, 0.4) is 0 Å². The molecule has 1 aromatic rings. The highest BCUT2D eigenvalue weighted by Crippen LogP contribution is 2.24. The number of rotatable bonds is 0. The number of ether oxygens (including phenoxy) is 2. The molecule has 2 heterocycles. The Bertz CT molecular complexity index is 756. The van der Waals surface area contributed by atoms with Crippen LogP contribution in [0.25, 0.3) is 11.8 Å². The highest BCUT2D eigenvalue weighted by molar-refractivity contribution is 6.06. The molecule has 1 saturated heterocycles. The summed E-state index contributed by atoms with van der Waals surface area (Å²) in [7, 11) is 0. The van der Waals surface area contributed by atoms with Gasteiger partial charge in [-0.15, -0.1) is 0 Å². The van der Waals surface area contributed by atoms with E-state index in [9.17, 15) is 4.79 Å². The topological polar surface area (TPSA) is 48.4 Å². The molecule has 4 nitrogen and oxygen atoms in total. The zero-order valence-electron chi connectivity index (χ0n) is 9.47. The van der Waals surface area contributed by atoms with Crippen molar-refractivity contribution in [1.82, 2.24) is 4.98 Å². The van der Waals surface area contributed by atoms with E-state index in [-0.39, 0.29) is 12.6 Å². The van der Waals surface area contributed by atoms with E-state index in [0.29, 0.717) is 17.7 Å². The predicted octanol–water partition coefficient (Wildman–Crippen LogP) is 0.167. The van der Waals surface area contributed by atoms with Gasteiger partial charge in [0.05, 0.1) is 11.0 Å². The number of pyridine rings is 1. The van der Waals surface area contributed by atoms with Crippen LogP contribution >= 0.6 is 0 Å². The average molecular weight is 239 g/mol. The molecule has 4 rings (SSSR count). The summed E-state index contributed by atoms with van der Waals surface area (Å²) in [5, 5.41) is 1.61. The lowest BCUT2D eigenvalue weighted by molar-refractivity contribution is 0.104. The highest BCUT2D eigenvalue weighted by Gasteiger charge is 2.23. The van der Waals surface area contributed by atoms with Crippen molar-refractivity contribution in [3.63, 3.8) is 0 Å². The smallest absolute Gasteiger partial charge is 0.231 e. The molecule has 0 saturated carbocycles. The van der Waals surface area contributed by atoms with Crippen LogP contribution in [-0.4, -0.2) is 17.6 Å². The predicted molar refractivity (Wildman–Crippen MR) is 63.7 cm³/mol. The molecule has 18 heavy (non-hydrogen) atoms. The maximum Gasteiger partial charge on any atom is 0.231 e. The minimum atomic E-state index is -0.0154. The number of fused-ring (bicyclic) bond motifs is 3. The normalized spacial score (nSPS) is 19.0. The van der Waals surface area contributed by atoms with E-state index in [1.165, 1.54) is 0 Å². The first-order valence-electron chi connectivity index (χ1n) is 5.76. The molecule has 0 radical (unpaired) electrons. The van der Waals surface area contributed by atoms with E-state index in [2.05, 4.69) is 4.98 Å². The molecule has 3 aliphatic rings. The van der Waals surface area contributed by atoms with Gasteiger partial charge >= 0.3 is 0 Å². The molecule has 1 aromatic heterocycles. The fourth-order valence-electron chi connectivity index (χ4n) is 2.40. The third kappa shape index (κ3) is 1.20. The van der Waals surface area contributed by atoms with Gasteiger partial charge < -0.3 is 9.47 Å². The van der Waals surface area contributed by atoms with E-state index >= 15 is 0 Å². The van der Waals surface area contributed by atoms with E-state index in [1.54, 1.807) is 12.2 Å². The molecule has 0 unspecified atom stereocenters. The summed E-state index contributed by atoms with van der Waals surface area (Å²) in [4.78, 5) is 16.4. The second-order valence-electron chi connectivity index (χ2n) is 4.31. The van der Waals surface area contributed by atoms with Crippen LogP contribution in [0.15, 0.2) is 30.1 Å². The SMILES string of the molecule is O=C1C=CC=c2nc3c(cc21)=C1OCOC1=CC3. The summed E-state index contributed by atoms with van der Waals surface area (Å²) in [5.41, 5.74) is 1.55. The van der Waals surface area contributed by atoms with E-state index in [4.69, 9.17) is 9.47 Å². The van der Waals surface area contributed by atoms with Crippen molar-refractivity contribution in [3.05, 3.63) is 51.9 Å². The average Bonchev–Trinajstić information content (AvgIpc) is 2.86. The summed E-state index contributed by atoms with van der Waals surface area (Å²) in [5.74, 6) is 1.44. The Kier molecular flexibility index (Phi) is 1.78. The van der Waals surface area contributed by atoms with Gasteiger partial charge in [0.15, 0.2) is 17.3 Å². The van der Waals surface area contributed by atoms with Crippen LogP contribution in [0.5, 0.6) is 0 Å². The zero-order valence-corrected chi connectivity index (χ0v) is 9.47. The Morgan fingerprint density at radius 1 is 1.28 bits per heavy atom. The molecule has 4 heteroatoms. The van der Waals surface area contributed by atoms with E-state index in [1.807, 2.05) is 18.2 Å². The Morgan fingerprint density at radius 2 is 2.22 bits per heavy atom. The van der Waals surface area contributed by atoms with Crippen molar-refractivity contribution in [1.29, 1.82) is 0 Å². The molecule has 1 fully saturated rings. The molecular weight excluding hydrogens is 230 g/mol. The first kappa shape index (κ1) is 9.65. The monoisotopic (exact) mass is 239 g/mol. The number of hydrogen-bond acceptors (Lipinski definition) is 4. The number of aromatic nitrogens is 1. The summed E-state index contributed by atoms with van der Waals surface area (Å²) < 4.78 is 10.8. The quantitative estimate of drug-likeness (QED) is 0.647. The molecule has 0 bridgehead atoms. The van der Waals surface area contributed by atoms with Crippen molar-refractivity contribution >= 4 is 17.6 Å². The fraction of sp³-hybridized carbons (Fsp3) is 0.143. The van der Waals surface area contributed by atoms with Gasteiger partial charge in [-0.2, -0.15) is 0 Å². The molecular formula is C14H9NO3. The summed E-state index contributed by atoms with van der Waals surface area (Å²) in [6.45, 7) is 0.234. The van der Waals surface area contributed by atoms with E-state index < -0.39 is 0 Å². The van der Waals surface area contributed by atoms with E-state index in [0.717, 1.165) is 22.0 Å². The van der Waals surface area contributed by atoms with Crippen molar-refractivity contribution in [2.75, 3.05) is 6.79 Å². The fourth-order valence-corrected chi connectivity index (χ4v) is 2.40. The van der Waals surface area contributed by atoms with Crippen LogP contribution < -0.4 is 10.6 Å². The lowest BCUT2D eigenvalue weighted by Crippen LogP contribution is -2.30. The molecule has 88 valence electrons. The van der Waals surface area contributed by atoms with Crippen molar-refractivity contribution in [3.8, 4) is 0 Å². The third-order valence-corrected chi connectivity index (χ3v) is 3.27. The van der Waals surface area contributed by atoms with Gasteiger partial charge in [-0.25, -0.2) is 0 Å². The number of nitrogens with zero attached hydrogens (tertiary/aromatic N) is 1. The van der Waals surface area contributed by atoms with Gasteiger partial charge in [0.25, 0.3) is 0 Å². The van der Waals surface area contributed by atoms with Gasteiger partial charge in [0, 0.05) is 17.2 Å². The Balaban J connectivity index is 2.10. The Morgan fingerprint density at radius 3 is 3.17 bits per heavy atom. The van der Waals surface area contributed by atoms with Crippen molar-refractivity contribution in [2.45, 2.75) is 6.42 Å². The van der Waals surface area contributed by atoms with Crippen LogP contribution in [0.1, 0.15) is 16.1 Å². The molecule has 0 N–H and O–H groups in total. The second kappa shape index (κ2) is 3.32. The molecule has 1 aliphatic heterocycles. The molecule has 0 atom stereocenters. The molecule has 0 aromatic carbocycles. The summed E-state index contributed by atoms with van der Waals surface area (Å²) in [6, 6.07) is 1.86. The highest BCUT2D eigenvalue weighted by atomic mass is 16.7. The summed E-state index contributed by atoms with van der Waals surface area (Å²) in [6.07, 6.45) is 7.80. The minimum absolute atomic E-state index is 0.0154. The summed E-state index contributed by atoms with van der Waals surface area (Å²) >= 11 is 0. The van der Waals surface area contributed by atoms with Crippen molar-refractivity contribution < 1.29 is 14.3 Å². The molecule has 0 spiro atoms. The zero-order chi connectivity index (χ0) is 12.1. The van der Waals surface area contributed by atoms with Crippen LogP contribution in [0, 0.1) is 0 Å². The number of allylic oxidation sites excluding steroid dienone is 3. The second-order valence-corrected chi connectivity index (χ2v) is 4.31. The standard InChI is InChI=1S/C14H9NO3/c16-12-3-1-2-10-8(12)6-9-11(15-10)4-5-13-14(9)18-7-17-13/h1-3,5-6H,4,7H2. The molecule has 2 aliphatic carbocycles. The van der Waals surface area contributed by atoms with Crippen LogP contribution in [-0.2, 0) is 15.9 Å². The number of hydrogen-bond donors (Lipinski definition) is 0. The minimum Gasteiger partial charge on any atom is -0.454 e. The van der Waals surface area contributed by atoms with Gasteiger partial charge in [0.2, 0.25) is 6.79 Å². The Hall–Kier alpha value is -2.36. The third-order valence-electron chi connectivity index (χ3n) is 3.27. The largest absolute Gasteiger partial charge is 0.454 e. The lowest BCUT2D eigenvalue weighted by atomic mass is 10.0. The van der Waals surface area contributed by atoms with Gasteiger partial charge in [-0.05, 0) is 24.3 Å². The first-order valence-corrected chi connectivity index (χ1v) is 5.76. The van der Waals surface area contributed by atoms with Crippen LogP contribution in [0.4, 0.5) is 0 Å². The van der Waals surface area contributed by atoms with Crippen LogP contribution in [0.2, 0.25) is 0 Å². The lowest BCUT2D eigenvalue weighted by Gasteiger charge is -2.10. The maximum absolute atomic E-state index is 11.8. The van der Waals surface area contributed by atoms with Gasteiger partial charge in [-0.1, -0.05) is 6.08 Å². The first-order chi connectivity index (χ1) is 8.83. The Labute approximate surface area is 103 Å². The maximum atomic E-state index is 11.8. The number of ketones is 1.